The highest BCUT2D eigenvalue weighted by Crippen LogP contribution is 2.42. The van der Waals surface area contributed by atoms with Gasteiger partial charge < -0.3 is 13.9 Å². The molecule has 9 aromatic rings. The first-order valence-corrected chi connectivity index (χ1v) is 16.3. The van der Waals surface area contributed by atoms with Gasteiger partial charge in [0, 0.05) is 51.6 Å². The third-order valence-electron chi connectivity index (χ3n) is 9.89. The van der Waals surface area contributed by atoms with E-state index in [0.29, 0.717) is 0 Å². The zero-order chi connectivity index (χ0) is 30.9. The predicted molar refractivity (Wildman–Crippen MR) is 195 cm³/mol. The lowest BCUT2D eigenvalue weighted by Crippen LogP contribution is -2.20. The van der Waals surface area contributed by atoms with Gasteiger partial charge in [0.1, 0.15) is 11.2 Å². The number of rotatable bonds is 3. The number of aromatic nitrogens is 1. The van der Waals surface area contributed by atoms with Gasteiger partial charge in [-0.1, -0.05) is 109 Å². The second kappa shape index (κ2) is 10.2. The number of hydrogen-bond donors (Lipinski definition) is 0. The van der Waals surface area contributed by atoms with Crippen molar-refractivity contribution in [3.05, 3.63) is 169 Å². The molecule has 0 unspecified atom stereocenters. The average molecular weight is 603 g/mol. The van der Waals surface area contributed by atoms with Crippen LogP contribution in [-0.2, 0) is 13.1 Å². The van der Waals surface area contributed by atoms with Crippen LogP contribution in [0.25, 0.3) is 71.7 Å². The summed E-state index contributed by atoms with van der Waals surface area (Å²) in [5.74, 6) is 0. The number of anilines is 1. The van der Waals surface area contributed by atoms with Gasteiger partial charge in [0.05, 0.1) is 11.0 Å². The summed E-state index contributed by atoms with van der Waals surface area (Å²) in [7, 11) is 0. The van der Waals surface area contributed by atoms with Crippen LogP contribution < -0.4 is 4.90 Å². The van der Waals surface area contributed by atoms with Crippen LogP contribution in [0.5, 0.6) is 0 Å². The van der Waals surface area contributed by atoms with E-state index in [-0.39, 0.29) is 0 Å². The molecule has 2 aromatic heterocycles. The molecule has 1 aliphatic heterocycles. The summed E-state index contributed by atoms with van der Waals surface area (Å²) < 4.78 is 8.91. The normalized spacial score (nSPS) is 12.9. The van der Waals surface area contributed by atoms with Crippen molar-refractivity contribution in [1.29, 1.82) is 0 Å². The van der Waals surface area contributed by atoms with Crippen molar-refractivity contribution in [3.63, 3.8) is 0 Å². The molecule has 222 valence electrons. The maximum atomic E-state index is 6.49. The molecule has 47 heavy (non-hydrogen) atoms. The quantitative estimate of drug-likeness (QED) is 0.201. The van der Waals surface area contributed by atoms with Crippen LogP contribution in [0.2, 0.25) is 0 Å². The highest BCUT2D eigenvalue weighted by molar-refractivity contribution is 6.10. The molecule has 0 N–H and O–H groups in total. The van der Waals surface area contributed by atoms with Gasteiger partial charge in [0.25, 0.3) is 0 Å². The van der Waals surface area contributed by atoms with Crippen molar-refractivity contribution < 1.29 is 4.42 Å². The smallest absolute Gasteiger partial charge is 0.143 e. The molecule has 3 heterocycles. The molecule has 3 nitrogen and oxygen atoms in total. The van der Waals surface area contributed by atoms with Crippen molar-refractivity contribution in [2.75, 3.05) is 4.90 Å². The second-order valence-electron chi connectivity index (χ2n) is 12.6. The lowest BCUT2D eigenvalue weighted by Gasteiger charge is -2.24. The minimum absolute atomic E-state index is 0.827. The largest absolute Gasteiger partial charge is 0.455 e. The monoisotopic (exact) mass is 602 g/mol. The highest BCUT2D eigenvalue weighted by Gasteiger charge is 2.23. The first kappa shape index (κ1) is 26.2. The molecular formula is C44H30N2O. The van der Waals surface area contributed by atoms with Crippen molar-refractivity contribution in [3.8, 4) is 27.9 Å². The minimum atomic E-state index is 0.827. The van der Waals surface area contributed by atoms with E-state index in [4.69, 9.17) is 4.42 Å². The summed E-state index contributed by atoms with van der Waals surface area (Å²) in [6.45, 7) is 1.66. The standard InChI is InChI=1S/C44H30N2O/c1-2-11-32(12-3-1)45-27-30-22-21-29(34-16-10-17-38-37-15-6-9-20-43(37)47-44(34)38)25-39(30)40-26-33(24-23-31(40)28-45)46-41-18-7-4-13-35(41)36-14-5-8-19-42(36)46/h1-26H,27-28H2. The van der Waals surface area contributed by atoms with Gasteiger partial charge in [-0.05, 0) is 76.3 Å². The van der Waals surface area contributed by atoms with E-state index in [1.54, 1.807) is 0 Å². The molecule has 3 heteroatoms. The summed E-state index contributed by atoms with van der Waals surface area (Å²) >= 11 is 0. The Bertz CT molecular complexity index is 2590. The first-order valence-electron chi connectivity index (χ1n) is 16.3. The molecule has 0 amide bonds. The van der Waals surface area contributed by atoms with Crippen LogP contribution in [0.3, 0.4) is 0 Å². The molecule has 1 aliphatic rings. The average Bonchev–Trinajstić information content (AvgIpc) is 3.63. The van der Waals surface area contributed by atoms with Gasteiger partial charge in [-0.3, -0.25) is 0 Å². The number of fused-ring (bicyclic) bond motifs is 9. The fourth-order valence-electron chi connectivity index (χ4n) is 7.69. The summed E-state index contributed by atoms with van der Waals surface area (Å²) in [6.07, 6.45) is 0. The molecule has 0 saturated heterocycles. The van der Waals surface area contributed by atoms with E-state index in [2.05, 4.69) is 161 Å². The van der Waals surface area contributed by atoms with Crippen molar-refractivity contribution in [2.45, 2.75) is 13.1 Å². The summed E-state index contributed by atoms with van der Waals surface area (Å²) in [6, 6.07) is 57.1. The zero-order valence-corrected chi connectivity index (χ0v) is 25.7. The Labute approximate surface area is 272 Å². The molecule has 10 rings (SSSR count). The van der Waals surface area contributed by atoms with E-state index in [1.807, 2.05) is 6.07 Å². The summed E-state index contributed by atoms with van der Waals surface area (Å²) in [5, 5.41) is 4.85. The van der Waals surface area contributed by atoms with E-state index in [0.717, 1.165) is 46.2 Å². The summed E-state index contributed by atoms with van der Waals surface area (Å²) in [5.41, 5.74) is 14.2. The predicted octanol–water partition coefficient (Wildman–Crippen LogP) is 11.5. The Hall–Kier alpha value is -6.06. The Morgan fingerprint density at radius 2 is 1.04 bits per heavy atom. The molecule has 0 bridgehead atoms. The third kappa shape index (κ3) is 4.06. The van der Waals surface area contributed by atoms with Gasteiger partial charge in [0.15, 0.2) is 0 Å². The highest BCUT2D eigenvalue weighted by atomic mass is 16.3. The fourth-order valence-corrected chi connectivity index (χ4v) is 7.69. The fraction of sp³-hybridized carbons (Fsp3) is 0.0455. The number of para-hydroxylation sites is 5. The van der Waals surface area contributed by atoms with Crippen LogP contribution in [0.1, 0.15) is 11.1 Å². The van der Waals surface area contributed by atoms with Crippen LogP contribution in [-0.4, -0.2) is 4.57 Å². The Morgan fingerprint density at radius 3 is 1.81 bits per heavy atom. The SMILES string of the molecule is c1ccc(N2Cc3ccc(-c4cccc5c4oc4ccccc45)cc3-c3cc(-n4c5ccccc5c5ccccc54)ccc3C2)cc1. The van der Waals surface area contributed by atoms with Gasteiger partial charge in [-0.2, -0.15) is 0 Å². The maximum Gasteiger partial charge on any atom is 0.143 e. The molecule has 0 radical (unpaired) electrons. The topological polar surface area (TPSA) is 21.3 Å². The van der Waals surface area contributed by atoms with Crippen LogP contribution in [0, 0.1) is 0 Å². The maximum absolute atomic E-state index is 6.49. The first-order chi connectivity index (χ1) is 23.3. The number of nitrogens with zero attached hydrogens (tertiary/aromatic N) is 2. The molecule has 0 atom stereocenters. The Kier molecular flexibility index (Phi) is 5.70. The van der Waals surface area contributed by atoms with E-state index in [1.165, 1.54) is 55.4 Å². The van der Waals surface area contributed by atoms with E-state index in [9.17, 15) is 0 Å². The van der Waals surface area contributed by atoms with Crippen LogP contribution in [0.15, 0.2) is 162 Å². The van der Waals surface area contributed by atoms with Crippen molar-refractivity contribution in [1.82, 2.24) is 4.57 Å². The van der Waals surface area contributed by atoms with Crippen molar-refractivity contribution in [2.24, 2.45) is 0 Å². The van der Waals surface area contributed by atoms with Crippen LogP contribution >= 0.6 is 0 Å². The zero-order valence-electron chi connectivity index (χ0n) is 25.7. The molecule has 0 aliphatic carbocycles. The molecule has 0 spiro atoms. The number of benzene rings is 7. The molecule has 0 saturated carbocycles. The lowest BCUT2D eigenvalue weighted by molar-refractivity contribution is 0.670. The van der Waals surface area contributed by atoms with Gasteiger partial charge in [-0.25, -0.2) is 0 Å². The van der Waals surface area contributed by atoms with Gasteiger partial charge in [-0.15, -0.1) is 0 Å². The molecule has 0 fully saturated rings. The third-order valence-corrected chi connectivity index (χ3v) is 9.89. The second-order valence-corrected chi connectivity index (χ2v) is 12.6. The van der Waals surface area contributed by atoms with Crippen molar-refractivity contribution >= 4 is 49.4 Å². The lowest BCUT2D eigenvalue weighted by atomic mass is 9.92. The Morgan fingerprint density at radius 1 is 0.426 bits per heavy atom. The number of furan rings is 1. The van der Waals surface area contributed by atoms with Crippen LogP contribution in [0.4, 0.5) is 5.69 Å². The number of hydrogen-bond acceptors (Lipinski definition) is 2. The molecule has 7 aromatic carbocycles. The molecular weight excluding hydrogens is 572 g/mol. The minimum Gasteiger partial charge on any atom is -0.455 e. The van der Waals surface area contributed by atoms with E-state index >= 15 is 0 Å². The Balaban J connectivity index is 1.21. The van der Waals surface area contributed by atoms with Gasteiger partial charge >= 0.3 is 0 Å². The van der Waals surface area contributed by atoms with E-state index < -0.39 is 0 Å². The van der Waals surface area contributed by atoms with Gasteiger partial charge in [0.2, 0.25) is 0 Å². The summed E-state index contributed by atoms with van der Waals surface area (Å²) in [4.78, 5) is 2.49.